The number of hydrogen-bond donors (Lipinski definition) is 2. The van der Waals surface area contributed by atoms with Crippen molar-refractivity contribution in [1.29, 1.82) is 0 Å². The van der Waals surface area contributed by atoms with Crippen LogP contribution in [-0.4, -0.2) is 12.5 Å². The Morgan fingerprint density at radius 3 is 2.67 bits per heavy atom. The molecule has 0 aliphatic rings. The topological polar surface area (TPSA) is 41.1 Å². The van der Waals surface area contributed by atoms with Crippen LogP contribution in [0, 0.1) is 12.7 Å². The Balaban J connectivity index is 2.31. The maximum atomic E-state index is 13.3. The van der Waals surface area contributed by atoms with Crippen molar-refractivity contribution in [1.82, 2.24) is 0 Å². The molecule has 2 aromatic carbocycles. The second-order valence-corrected chi connectivity index (χ2v) is 5.51. The van der Waals surface area contributed by atoms with E-state index in [0.29, 0.717) is 22.3 Å². The SMILES string of the molecule is CCNc1ccc(C)cc1C(=O)Nc1cc(F)ccc1Br. The molecule has 3 nitrogen and oxygen atoms in total. The van der Waals surface area contributed by atoms with Gasteiger partial charge in [0.1, 0.15) is 5.82 Å². The van der Waals surface area contributed by atoms with Crippen LogP contribution in [0.4, 0.5) is 15.8 Å². The van der Waals surface area contributed by atoms with Gasteiger partial charge in [0, 0.05) is 16.7 Å². The summed E-state index contributed by atoms with van der Waals surface area (Å²) < 4.78 is 13.9. The van der Waals surface area contributed by atoms with Gasteiger partial charge in [0.15, 0.2) is 0 Å². The number of hydrogen-bond acceptors (Lipinski definition) is 2. The smallest absolute Gasteiger partial charge is 0.257 e. The average molecular weight is 351 g/mol. The third-order valence-electron chi connectivity index (χ3n) is 2.96. The Morgan fingerprint density at radius 2 is 1.95 bits per heavy atom. The maximum Gasteiger partial charge on any atom is 0.257 e. The van der Waals surface area contributed by atoms with Crippen LogP contribution >= 0.6 is 15.9 Å². The first-order valence-corrected chi connectivity index (χ1v) is 7.41. The molecule has 0 aliphatic carbocycles. The molecule has 110 valence electrons. The Kier molecular flexibility index (Phi) is 4.96. The summed E-state index contributed by atoms with van der Waals surface area (Å²) in [4.78, 5) is 12.4. The van der Waals surface area contributed by atoms with Crippen molar-refractivity contribution in [2.24, 2.45) is 0 Å². The second kappa shape index (κ2) is 6.72. The summed E-state index contributed by atoms with van der Waals surface area (Å²) in [7, 11) is 0. The number of halogens is 2. The highest BCUT2D eigenvalue weighted by Gasteiger charge is 2.13. The molecule has 2 aromatic rings. The zero-order valence-corrected chi connectivity index (χ0v) is 13.4. The lowest BCUT2D eigenvalue weighted by molar-refractivity contribution is 0.102. The van der Waals surface area contributed by atoms with Crippen molar-refractivity contribution >= 4 is 33.2 Å². The van der Waals surface area contributed by atoms with Crippen LogP contribution in [0.3, 0.4) is 0 Å². The molecule has 0 aliphatic heterocycles. The van der Waals surface area contributed by atoms with Gasteiger partial charge in [0.25, 0.3) is 5.91 Å². The van der Waals surface area contributed by atoms with Gasteiger partial charge in [-0.3, -0.25) is 4.79 Å². The number of carbonyl (C=O) groups is 1. The van der Waals surface area contributed by atoms with Crippen molar-refractivity contribution in [3.8, 4) is 0 Å². The summed E-state index contributed by atoms with van der Waals surface area (Å²) in [6, 6.07) is 9.79. The van der Waals surface area contributed by atoms with Crippen molar-refractivity contribution in [3.05, 3.63) is 57.8 Å². The van der Waals surface area contributed by atoms with Gasteiger partial charge in [-0.15, -0.1) is 0 Å². The van der Waals surface area contributed by atoms with Crippen molar-refractivity contribution in [2.45, 2.75) is 13.8 Å². The number of carbonyl (C=O) groups excluding carboxylic acids is 1. The molecule has 0 saturated carbocycles. The number of rotatable bonds is 4. The van der Waals surface area contributed by atoms with E-state index < -0.39 is 5.82 Å². The fourth-order valence-electron chi connectivity index (χ4n) is 1.97. The van der Waals surface area contributed by atoms with Crippen LogP contribution < -0.4 is 10.6 Å². The molecule has 0 fully saturated rings. The van der Waals surface area contributed by atoms with E-state index in [1.54, 1.807) is 12.1 Å². The lowest BCUT2D eigenvalue weighted by Crippen LogP contribution is -2.15. The first-order chi connectivity index (χ1) is 10.0. The molecule has 2 N–H and O–H groups in total. The number of nitrogens with one attached hydrogen (secondary N) is 2. The number of benzene rings is 2. The Hall–Kier alpha value is -1.88. The van der Waals surface area contributed by atoms with E-state index in [1.165, 1.54) is 12.1 Å². The summed E-state index contributed by atoms with van der Waals surface area (Å²) >= 11 is 3.30. The van der Waals surface area contributed by atoms with Crippen molar-refractivity contribution in [3.63, 3.8) is 0 Å². The minimum Gasteiger partial charge on any atom is -0.385 e. The van der Waals surface area contributed by atoms with E-state index in [4.69, 9.17) is 0 Å². The highest BCUT2D eigenvalue weighted by molar-refractivity contribution is 9.10. The molecule has 0 saturated heterocycles. The lowest BCUT2D eigenvalue weighted by Gasteiger charge is -2.13. The molecular formula is C16H16BrFN2O. The van der Waals surface area contributed by atoms with Gasteiger partial charge in [-0.1, -0.05) is 11.6 Å². The summed E-state index contributed by atoms with van der Waals surface area (Å²) in [5, 5.41) is 5.88. The number of anilines is 2. The summed E-state index contributed by atoms with van der Waals surface area (Å²) in [5.41, 5.74) is 2.69. The third kappa shape index (κ3) is 3.82. The van der Waals surface area contributed by atoms with Crippen LogP contribution in [-0.2, 0) is 0 Å². The predicted molar refractivity (Wildman–Crippen MR) is 87.4 cm³/mol. The Labute approximate surface area is 131 Å². The van der Waals surface area contributed by atoms with Gasteiger partial charge in [0.05, 0.1) is 11.3 Å². The van der Waals surface area contributed by atoms with Gasteiger partial charge in [-0.25, -0.2) is 4.39 Å². The molecule has 0 aromatic heterocycles. The number of aryl methyl sites for hydroxylation is 1. The zero-order chi connectivity index (χ0) is 15.4. The molecule has 0 atom stereocenters. The Bertz CT molecular complexity index is 673. The minimum atomic E-state index is -0.398. The van der Waals surface area contributed by atoms with Crippen molar-refractivity contribution in [2.75, 3.05) is 17.2 Å². The van der Waals surface area contributed by atoms with Crippen LogP contribution in [0.5, 0.6) is 0 Å². The van der Waals surface area contributed by atoms with Gasteiger partial charge >= 0.3 is 0 Å². The second-order valence-electron chi connectivity index (χ2n) is 4.66. The van der Waals surface area contributed by atoms with Crippen LogP contribution in [0.2, 0.25) is 0 Å². The maximum absolute atomic E-state index is 13.3. The fourth-order valence-corrected chi connectivity index (χ4v) is 2.32. The molecule has 0 radical (unpaired) electrons. The average Bonchev–Trinajstić information content (AvgIpc) is 2.45. The fraction of sp³-hybridized carbons (Fsp3) is 0.188. The molecule has 0 spiro atoms. The molecule has 0 bridgehead atoms. The summed E-state index contributed by atoms with van der Waals surface area (Å²) in [6.07, 6.45) is 0. The van der Waals surface area contributed by atoms with Gasteiger partial charge in [-0.05, 0) is 60.1 Å². The van der Waals surface area contributed by atoms with Crippen molar-refractivity contribution < 1.29 is 9.18 Å². The quantitative estimate of drug-likeness (QED) is 0.847. The minimum absolute atomic E-state index is 0.277. The van der Waals surface area contributed by atoms with E-state index >= 15 is 0 Å². The van der Waals surface area contributed by atoms with E-state index in [1.807, 2.05) is 26.0 Å². The Morgan fingerprint density at radius 1 is 1.19 bits per heavy atom. The van der Waals surface area contributed by atoms with Crippen LogP contribution in [0.1, 0.15) is 22.8 Å². The standard InChI is InChI=1S/C16H16BrFN2O/c1-3-19-14-7-4-10(2)8-12(14)16(21)20-15-9-11(18)5-6-13(15)17/h4-9,19H,3H2,1-2H3,(H,20,21). The normalized spacial score (nSPS) is 10.3. The zero-order valence-electron chi connectivity index (χ0n) is 11.8. The molecule has 1 amide bonds. The summed E-state index contributed by atoms with van der Waals surface area (Å²) in [5.74, 6) is -0.675. The van der Waals surface area contributed by atoms with E-state index in [0.717, 1.165) is 11.3 Å². The van der Waals surface area contributed by atoms with E-state index in [9.17, 15) is 9.18 Å². The van der Waals surface area contributed by atoms with Crippen LogP contribution in [0.25, 0.3) is 0 Å². The first kappa shape index (κ1) is 15.5. The molecule has 21 heavy (non-hydrogen) atoms. The first-order valence-electron chi connectivity index (χ1n) is 6.62. The predicted octanol–water partition coefficient (Wildman–Crippen LogP) is 4.58. The molecule has 5 heteroatoms. The largest absolute Gasteiger partial charge is 0.385 e. The third-order valence-corrected chi connectivity index (χ3v) is 3.66. The van der Waals surface area contributed by atoms with E-state index in [-0.39, 0.29) is 5.91 Å². The van der Waals surface area contributed by atoms with Gasteiger partial charge < -0.3 is 10.6 Å². The lowest BCUT2D eigenvalue weighted by atomic mass is 10.1. The van der Waals surface area contributed by atoms with E-state index in [2.05, 4.69) is 26.6 Å². The highest BCUT2D eigenvalue weighted by Crippen LogP contribution is 2.25. The van der Waals surface area contributed by atoms with Gasteiger partial charge in [-0.2, -0.15) is 0 Å². The monoisotopic (exact) mass is 350 g/mol. The summed E-state index contributed by atoms with van der Waals surface area (Å²) in [6.45, 7) is 4.60. The highest BCUT2D eigenvalue weighted by atomic mass is 79.9. The molecule has 0 unspecified atom stereocenters. The number of amides is 1. The van der Waals surface area contributed by atoms with Gasteiger partial charge in [0.2, 0.25) is 0 Å². The molecular weight excluding hydrogens is 335 g/mol. The molecule has 0 heterocycles. The molecule has 2 rings (SSSR count). The van der Waals surface area contributed by atoms with Crippen LogP contribution in [0.15, 0.2) is 40.9 Å².